The zero-order valence-electron chi connectivity index (χ0n) is 12.7. The first-order valence-electron chi connectivity index (χ1n) is 7.39. The molecule has 1 amide bonds. The number of hydrogen-bond donors (Lipinski definition) is 1. The predicted molar refractivity (Wildman–Crippen MR) is 82.6 cm³/mol. The third-order valence-electron chi connectivity index (χ3n) is 3.49. The van der Waals surface area contributed by atoms with Crippen molar-refractivity contribution in [2.24, 2.45) is 0 Å². The van der Waals surface area contributed by atoms with E-state index in [1.165, 1.54) is 0 Å². The maximum Gasteiger partial charge on any atom is 0.245 e. The molecule has 2 heterocycles. The van der Waals surface area contributed by atoms with Crippen LogP contribution in [-0.4, -0.2) is 35.9 Å². The molecule has 3 aromatic rings. The zero-order valence-corrected chi connectivity index (χ0v) is 12.7. The first-order chi connectivity index (χ1) is 11.3. The van der Waals surface area contributed by atoms with E-state index in [4.69, 9.17) is 0 Å². The van der Waals surface area contributed by atoms with Gasteiger partial charge in [-0.05, 0) is 35.0 Å². The second-order valence-electron chi connectivity index (χ2n) is 4.97. The highest BCUT2D eigenvalue weighted by molar-refractivity contribution is 5.80. The maximum absolute atomic E-state index is 12.4. The summed E-state index contributed by atoms with van der Waals surface area (Å²) in [6.45, 7) is 2.19. The van der Waals surface area contributed by atoms with E-state index in [0.29, 0.717) is 12.2 Å². The smallest absolute Gasteiger partial charge is 0.245 e. The second-order valence-corrected chi connectivity index (χ2v) is 4.97. The Hall–Kier alpha value is -3.03. The minimum absolute atomic E-state index is 0.112. The summed E-state index contributed by atoms with van der Waals surface area (Å²) in [7, 11) is 0. The first-order valence-corrected chi connectivity index (χ1v) is 7.39. The van der Waals surface area contributed by atoms with Crippen molar-refractivity contribution in [3.05, 3.63) is 54.6 Å². The van der Waals surface area contributed by atoms with Gasteiger partial charge in [0.2, 0.25) is 5.91 Å². The van der Waals surface area contributed by atoms with Crippen LogP contribution in [0.2, 0.25) is 0 Å². The molecule has 0 saturated heterocycles. The van der Waals surface area contributed by atoms with Gasteiger partial charge in [-0.1, -0.05) is 25.1 Å². The summed E-state index contributed by atoms with van der Waals surface area (Å²) in [5, 5.41) is 18.6. The average molecular weight is 311 g/mol. The molecular weight excluding hydrogens is 294 g/mol. The molecule has 0 unspecified atom stereocenters. The molecule has 23 heavy (non-hydrogen) atoms. The summed E-state index contributed by atoms with van der Waals surface area (Å²) in [6, 6.07) is 11.0. The highest BCUT2D eigenvalue weighted by Gasteiger charge is 2.19. The number of hydrogen-bond acceptors (Lipinski definition) is 5. The van der Waals surface area contributed by atoms with Gasteiger partial charge < -0.3 is 5.32 Å². The van der Waals surface area contributed by atoms with E-state index in [9.17, 15) is 4.79 Å². The fraction of sp³-hybridized carbons (Fsp3) is 0.267. The van der Waals surface area contributed by atoms with Crippen LogP contribution < -0.4 is 5.32 Å². The third-order valence-corrected chi connectivity index (χ3v) is 3.49. The summed E-state index contributed by atoms with van der Waals surface area (Å²) >= 11 is 0. The fourth-order valence-electron chi connectivity index (χ4n) is 2.33. The highest BCUT2D eigenvalue weighted by Crippen LogP contribution is 2.11. The standard InChI is InChI=1S/C15H17N7O/c1-2-13(21-10-6-9-17-21)15(23)16-11-14-18-19-20-22(14)12-7-4-3-5-8-12/h3-10,13H,2,11H2,1H3,(H,16,23)/t13-/m1/s1. The van der Waals surface area contributed by atoms with Crippen molar-refractivity contribution in [1.82, 2.24) is 35.3 Å². The number of amides is 1. The average Bonchev–Trinajstić information content (AvgIpc) is 3.26. The summed E-state index contributed by atoms with van der Waals surface area (Å²) < 4.78 is 3.25. The van der Waals surface area contributed by atoms with Crippen LogP contribution in [0.25, 0.3) is 5.69 Å². The Morgan fingerprint density at radius 2 is 2.09 bits per heavy atom. The van der Waals surface area contributed by atoms with Crippen molar-refractivity contribution < 1.29 is 4.79 Å². The van der Waals surface area contributed by atoms with Gasteiger partial charge in [0.1, 0.15) is 6.04 Å². The Labute approximate surface area is 133 Å². The lowest BCUT2D eigenvalue weighted by molar-refractivity contribution is -0.124. The van der Waals surface area contributed by atoms with Crippen molar-refractivity contribution in [3.63, 3.8) is 0 Å². The Morgan fingerprint density at radius 3 is 2.78 bits per heavy atom. The second kappa shape index (κ2) is 6.82. The predicted octanol–water partition coefficient (Wildman–Crippen LogP) is 1.13. The highest BCUT2D eigenvalue weighted by atomic mass is 16.2. The third kappa shape index (κ3) is 3.25. The van der Waals surface area contributed by atoms with Crippen molar-refractivity contribution in [2.75, 3.05) is 0 Å². The molecule has 2 aromatic heterocycles. The van der Waals surface area contributed by atoms with E-state index >= 15 is 0 Å². The molecule has 1 aromatic carbocycles. The Kier molecular flexibility index (Phi) is 4.41. The quantitative estimate of drug-likeness (QED) is 0.737. The molecule has 1 atom stereocenters. The molecule has 0 spiro atoms. The Balaban J connectivity index is 1.69. The molecular formula is C15H17N7O. The number of tetrazole rings is 1. The van der Waals surface area contributed by atoms with Crippen LogP contribution in [0.3, 0.4) is 0 Å². The van der Waals surface area contributed by atoms with Crippen molar-refractivity contribution in [3.8, 4) is 5.69 Å². The molecule has 0 saturated carbocycles. The summed E-state index contributed by atoms with van der Waals surface area (Å²) in [5.41, 5.74) is 0.848. The van der Waals surface area contributed by atoms with E-state index in [0.717, 1.165) is 5.69 Å². The minimum Gasteiger partial charge on any atom is -0.347 e. The first kappa shape index (κ1) is 14.9. The van der Waals surface area contributed by atoms with Crippen LogP contribution in [0.4, 0.5) is 0 Å². The van der Waals surface area contributed by atoms with Crippen LogP contribution in [0.5, 0.6) is 0 Å². The van der Waals surface area contributed by atoms with E-state index < -0.39 is 0 Å². The number of rotatable bonds is 6. The van der Waals surface area contributed by atoms with Crippen LogP contribution >= 0.6 is 0 Å². The van der Waals surface area contributed by atoms with Gasteiger partial charge in [0, 0.05) is 12.4 Å². The summed E-state index contributed by atoms with van der Waals surface area (Å²) in [5.74, 6) is 0.457. The Morgan fingerprint density at radius 1 is 1.26 bits per heavy atom. The zero-order chi connectivity index (χ0) is 16.1. The maximum atomic E-state index is 12.4. The lowest BCUT2D eigenvalue weighted by atomic mass is 10.2. The lowest BCUT2D eigenvalue weighted by Crippen LogP contribution is -2.33. The van der Waals surface area contributed by atoms with Gasteiger partial charge in [-0.15, -0.1) is 5.10 Å². The number of carbonyl (C=O) groups is 1. The van der Waals surface area contributed by atoms with E-state index in [1.54, 1.807) is 27.8 Å². The summed E-state index contributed by atoms with van der Waals surface area (Å²) in [4.78, 5) is 12.4. The van der Waals surface area contributed by atoms with Crippen LogP contribution in [0.15, 0.2) is 48.8 Å². The van der Waals surface area contributed by atoms with Gasteiger partial charge in [-0.25, -0.2) is 0 Å². The normalized spacial score (nSPS) is 12.0. The molecule has 0 bridgehead atoms. The summed E-state index contributed by atoms with van der Waals surface area (Å²) in [6.07, 6.45) is 4.09. The fourth-order valence-corrected chi connectivity index (χ4v) is 2.33. The van der Waals surface area contributed by atoms with Crippen molar-refractivity contribution in [2.45, 2.75) is 25.9 Å². The van der Waals surface area contributed by atoms with Gasteiger partial charge in [0.15, 0.2) is 5.82 Å². The van der Waals surface area contributed by atoms with Gasteiger partial charge in [0.05, 0.1) is 12.2 Å². The SMILES string of the molecule is CC[C@H](C(=O)NCc1nnnn1-c1ccccc1)n1cccn1. The number of benzene rings is 1. The van der Waals surface area contributed by atoms with Gasteiger partial charge in [-0.2, -0.15) is 9.78 Å². The largest absolute Gasteiger partial charge is 0.347 e. The molecule has 8 nitrogen and oxygen atoms in total. The number of aromatic nitrogens is 6. The Bertz CT molecular complexity index is 751. The molecule has 0 aliphatic rings. The van der Waals surface area contributed by atoms with E-state index in [1.807, 2.05) is 37.3 Å². The molecule has 0 aliphatic carbocycles. The molecule has 0 aliphatic heterocycles. The number of carbonyl (C=O) groups excluding carboxylic acids is 1. The van der Waals surface area contributed by atoms with Gasteiger partial charge >= 0.3 is 0 Å². The van der Waals surface area contributed by atoms with E-state index in [2.05, 4.69) is 25.9 Å². The van der Waals surface area contributed by atoms with Gasteiger partial charge in [-0.3, -0.25) is 9.48 Å². The monoisotopic (exact) mass is 311 g/mol. The van der Waals surface area contributed by atoms with Crippen LogP contribution in [0, 0.1) is 0 Å². The lowest BCUT2D eigenvalue weighted by Gasteiger charge is -2.15. The van der Waals surface area contributed by atoms with Crippen molar-refractivity contribution in [1.29, 1.82) is 0 Å². The molecule has 0 fully saturated rings. The number of nitrogens with zero attached hydrogens (tertiary/aromatic N) is 6. The van der Waals surface area contributed by atoms with Crippen LogP contribution in [0.1, 0.15) is 25.2 Å². The van der Waals surface area contributed by atoms with E-state index in [-0.39, 0.29) is 18.5 Å². The molecule has 118 valence electrons. The number of para-hydroxylation sites is 1. The molecule has 8 heteroatoms. The molecule has 0 radical (unpaired) electrons. The van der Waals surface area contributed by atoms with Crippen LogP contribution in [-0.2, 0) is 11.3 Å². The molecule has 1 N–H and O–H groups in total. The van der Waals surface area contributed by atoms with Gasteiger partial charge in [0.25, 0.3) is 0 Å². The molecule has 3 rings (SSSR count). The topological polar surface area (TPSA) is 90.5 Å². The van der Waals surface area contributed by atoms with Crippen molar-refractivity contribution >= 4 is 5.91 Å². The minimum atomic E-state index is -0.342. The number of nitrogens with one attached hydrogen (secondary N) is 1.